The number of thiazole rings is 1. The minimum atomic E-state index is -0.181. The number of aromatic nitrogens is 1. The Hall–Kier alpha value is -3.23. The molecule has 2 amide bonds. The molecule has 1 N–H and O–H groups in total. The van der Waals surface area contributed by atoms with Crippen LogP contribution in [0.3, 0.4) is 0 Å². The second kappa shape index (κ2) is 11.9. The van der Waals surface area contributed by atoms with Gasteiger partial charge in [0.15, 0.2) is 0 Å². The number of benzene rings is 2. The molecule has 0 bridgehead atoms. The summed E-state index contributed by atoms with van der Waals surface area (Å²) < 4.78 is 11.7. The summed E-state index contributed by atoms with van der Waals surface area (Å²) in [6, 6.07) is 16.4. The summed E-state index contributed by atoms with van der Waals surface area (Å²) in [5.41, 5.74) is 3.92. The summed E-state index contributed by atoms with van der Waals surface area (Å²) in [6.45, 7) is 2.30. The standard InChI is InChI=1S/C31H35N3O4S/c35-30(32-18-25-11-6-16-37-25)27-20-39-28(33-27)19-38-24-13-12-21-14-15-34(31(36)23-9-4-5-10-23)29(26(21)17-24)22-7-2-1-3-8-22/h1-3,7-8,12-13,17,20,23,25,29H,4-6,9-11,14-16,18-19H2,(H,32,35). The highest BCUT2D eigenvalue weighted by molar-refractivity contribution is 7.09. The van der Waals surface area contributed by atoms with Crippen LogP contribution in [-0.2, 0) is 22.6 Å². The number of nitrogens with zero attached hydrogens (tertiary/aromatic N) is 2. The van der Waals surface area contributed by atoms with Crippen molar-refractivity contribution in [3.63, 3.8) is 0 Å². The van der Waals surface area contributed by atoms with Crippen molar-refractivity contribution in [2.45, 2.75) is 63.7 Å². The van der Waals surface area contributed by atoms with Crippen LogP contribution in [0.2, 0.25) is 0 Å². The van der Waals surface area contributed by atoms with Crippen molar-refractivity contribution in [1.29, 1.82) is 0 Å². The van der Waals surface area contributed by atoms with Crippen LogP contribution in [0.1, 0.15) is 76.8 Å². The van der Waals surface area contributed by atoms with E-state index in [1.807, 2.05) is 24.3 Å². The van der Waals surface area contributed by atoms with Gasteiger partial charge in [-0.2, -0.15) is 0 Å². The fourth-order valence-electron chi connectivity index (χ4n) is 6.05. The summed E-state index contributed by atoms with van der Waals surface area (Å²) >= 11 is 1.42. The second-order valence-corrected chi connectivity index (χ2v) is 11.6. The Morgan fingerprint density at radius 1 is 1.08 bits per heavy atom. The molecule has 39 heavy (non-hydrogen) atoms. The van der Waals surface area contributed by atoms with E-state index in [-0.39, 0.29) is 36.5 Å². The van der Waals surface area contributed by atoms with E-state index in [9.17, 15) is 9.59 Å². The van der Waals surface area contributed by atoms with Crippen LogP contribution in [-0.4, -0.2) is 47.5 Å². The molecule has 204 valence electrons. The molecule has 3 heterocycles. The Morgan fingerprint density at radius 2 is 1.92 bits per heavy atom. The molecule has 8 heteroatoms. The van der Waals surface area contributed by atoms with Crippen molar-refractivity contribution in [3.8, 4) is 5.75 Å². The van der Waals surface area contributed by atoms with Crippen molar-refractivity contribution in [2.75, 3.05) is 19.7 Å². The first-order valence-electron chi connectivity index (χ1n) is 14.1. The molecule has 0 spiro atoms. The highest BCUT2D eigenvalue weighted by atomic mass is 32.1. The molecule has 1 aliphatic carbocycles. The van der Waals surface area contributed by atoms with Gasteiger partial charge < -0.3 is 19.7 Å². The van der Waals surface area contributed by atoms with E-state index < -0.39 is 0 Å². The highest BCUT2D eigenvalue weighted by Gasteiger charge is 2.36. The van der Waals surface area contributed by atoms with E-state index in [1.165, 1.54) is 16.9 Å². The van der Waals surface area contributed by atoms with Crippen LogP contribution < -0.4 is 10.1 Å². The summed E-state index contributed by atoms with van der Waals surface area (Å²) in [7, 11) is 0. The molecular weight excluding hydrogens is 510 g/mol. The Bertz CT molecular complexity index is 1300. The number of carbonyl (C=O) groups is 2. The topological polar surface area (TPSA) is 80.8 Å². The van der Waals surface area contributed by atoms with E-state index >= 15 is 0 Å². The predicted molar refractivity (Wildman–Crippen MR) is 150 cm³/mol. The molecule has 1 aromatic heterocycles. The van der Waals surface area contributed by atoms with Gasteiger partial charge in [-0.3, -0.25) is 9.59 Å². The normalized spacial score (nSPS) is 21.1. The van der Waals surface area contributed by atoms with E-state index in [0.29, 0.717) is 12.2 Å². The fraction of sp³-hybridized carbons (Fsp3) is 0.452. The van der Waals surface area contributed by atoms with Gasteiger partial charge in [-0.05, 0) is 60.9 Å². The van der Waals surface area contributed by atoms with Crippen LogP contribution in [0.25, 0.3) is 0 Å². The largest absolute Gasteiger partial charge is 0.486 e. The first-order chi connectivity index (χ1) is 19.2. The number of amides is 2. The molecule has 1 saturated carbocycles. The van der Waals surface area contributed by atoms with Gasteiger partial charge in [-0.15, -0.1) is 11.3 Å². The van der Waals surface area contributed by atoms with Crippen LogP contribution >= 0.6 is 11.3 Å². The number of rotatable bonds is 8. The van der Waals surface area contributed by atoms with Gasteiger partial charge in [-0.1, -0.05) is 49.2 Å². The number of fused-ring (bicyclic) bond motifs is 1. The van der Waals surface area contributed by atoms with Crippen LogP contribution in [0.15, 0.2) is 53.9 Å². The number of nitrogens with one attached hydrogen (secondary N) is 1. The molecular formula is C31H35N3O4S. The minimum Gasteiger partial charge on any atom is -0.486 e. The van der Waals surface area contributed by atoms with Gasteiger partial charge in [0, 0.05) is 31.0 Å². The second-order valence-electron chi connectivity index (χ2n) is 10.7. The molecule has 1 saturated heterocycles. The molecule has 3 aromatic rings. The first-order valence-corrected chi connectivity index (χ1v) is 15.0. The lowest BCUT2D eigenvalue weighted by atomic mass is 9.87. The fourth-order valence-corrected chi connectivity index (χ4v) is 6.74. The van der Waals surface area contributed by atoms with Gasteiger partial charge in [0.2, 0.25) is 5.91 Å². The summed E-state index contributed by atoms with van der Waals surface area (Å²) in [4.78, 5) is 32.7. The Kier molecular flexibility index (Phi) is 7.93. The first kappa shape index (κ1) is 26.0. The molecule has 2 atom stereocenters. The van der Waals surface area contributed by atoms with Crippen molar-refractivity contribution in [3.05, 3.63) is 81.3 Å². The van der Waals surface area contributed by atoms with Crippen molar-refractivity contribution < 1.29 is 19.1 Å². The maximum Gasteiger partial charge on any atom is 0.270 e. The SMILES string of the molecule is O=C(NCC1CCCO1)c1csc(COc2ccc3c(c2)C(c2ccccc2)N(C(=O)C2CCCC2)CC3)n1. The highest BCUT2D eigenvalue weighted by Crippen LogP contribution is 2.39. The zero-order chi connectivity index (χ0) is 26.6. The van der Waals surface area contributed by atoms with Gasteiger partial charge in [-0.25, -0.2) is 4.98 Å². The summed E-state index contributed by atoms with van der Waals surface area (Å²) in [5, 5.41) is 5.44. The van der Waals surface area contributed by atoms with Gasteiger partial charge in [0.05, 0.1) is 12.1 Å². The van der Waals surface area contributed by atoms with E-state index in [4.69, 9.17) is 9.47 Å². The van der Waals surface area contributed by atoms with E-state index in [0.717, 1.165) is 80.0 Å². The smallest absolute Gasteiger partial charge is 0.270 e. The number of ether oxygens (including phenoxy) is 2. The van der Waals surface area contributed by atoms with Gasteiger partial charge in [0.1, 0.15) is 23.1 Å². The predicted octanol–water partition coefficient (Wildman–Crippen LogP) is 5.30. The Morgan fingerprint density at radius 3 is 2.72 bits per heavy atom. The number of carbonyl (C=O) groups excluding carboxylic acids is 2. The van der Waals surface area contributed by atoms with Gasteiger partial charge >= 0.3 is 0 Å². The van der Waals surface area contributed by atoms with Crippen LogP contribution in [0.5, 0.6) is 5.75 Å². The van der Waals surface area contributed by atoms with Crippen LogP contribution in [0.4, 0.5) is 0 Å². The molecule has 2 unspecified atom stereocenters. The zero-order valence-electron chi connectivity index (χ0n) is 22.1. The zero-order valence-corrected chi connectivity index (χ0v) is 23.0. The lowest BCUT2D eigenvalue weighted by molar-refractivity contribution is -0.137. The third kappa shape index (κ3) is 5.87. The molecule has 3 aliphatic rings. The quantitative estimate of drug-likeness (QED) is 0.416. The maximum atomic E-state index is 13.6. The number of hydrogen-bond acceptors (Lipinski definition) is 6. The number of hydrogen-bond donors (Lipinski definition) is 1. The Balaban J connectivity index is 1.16. The van der Waals surface area contributed by atoms with E-state index in [1.54, 1.807) is 5.38 Å². The van der Waals surface area contributed by atoms with Crippen molar-refractivity contribution in [1.82, 2.24) is 15.2 Å². The minimum absolute atomic E-state index is 0.100. The lowest BCUT2D eigenvalue weighted by Crippen LogP contribution is -2.43. The van der Waals surface area contributed by atoms with E-state index in [2.05, 4.69) is 39.5 Å². The third-order valence-electron chi connectivity index (χ3n) is 8.11. The third-order valence-corrected chi connectivity index (χ3v) is 8.93. The molecule has 2 aromatic carbocycles. The maximum absolute atomic E-state index is 13.6. The van der Waals surface area contributed by atoms with Crippen LogP contribution in [0, 0.1) is 5.92 Å². The molecule has 0 radical (unpaired) electrons. The molecule has 2 fully saturated rings. The summed E-state index contributed by atoms with van der Waals surface area (Å²) in [6.07, 6.45) is 7.24. The molecule has 7 nitrogen and oxygen atoms in total. The summed E-state index contributed by atoms with van der Waals surface area (Å²) in [5.74, 6) is 0.981. The molecule has 2 aliphatic heterocycles. The van der Waals surface area contributed by atoms with Crippen molar-refractivity contribution >= 4 is 23.2 Å². The molecule has 6 rings (SSSR count). The lowest BCUT2D eigenvalue weighted by Gasteiger charge is -2.39. The monoisotopic (exact) mass is 545 g/mol. The van der Waals surface area contributed by atoms with Crippen molar-refractivity contribution in [2.24, 2.45) is 5.92 Å². The average molecular weight is 546 g/mol. The van der Waals surface area contributed by atoms with Gasteiger partial charge in [0.25, 0.3) is 5.91 Å². The Labute approximate surface area is 233 Å². The average Bonchev–Trinajstić information content (AvgIpc) is 3.78.